The fourth-order valence-corrected chi connectivity index (χ4v) is 2.48. The van der Waals surface area contributed by atoms with Crippen LogP contribution in [0.2, 0.25) is 0 Å². The van der Waals surface area contributed by atoms with E-state index in [-0.39, 0.29) is 5.54 Å². The summed E-state index contributed by atoms with van der Waals surface area (Å²) in [5.74, 6) is 0.760. The third-order valence-corrected chi connectivity index (χ3v) is 3.74. The molecule has 1 saturated carbocycles. The van der Waals surface area contributed by atoms with Crippen molar-refractivity contribution in [3.63, 3.8) is 0 Å². The highest BCUT2D eigenvalue weighted by atomic mass is 79.9. The summed E-state index contributed by atoms with van der Waals surface area (Å²) in [5, 5.41) is 0. The van der Waals surface area contributed by atoms with Crippen LogP contribution in [-0.4, -0.2) is 10.5 Å². The Kier molecular flexibility index (Phi) is 2.30. The number of oxazole rings is 1. The fraction of sp³-hybridized carbons (Fsp3) is 0.417. The number of hydrogen-bond donors (Lipinski definition) is 1. The van der Waals surface area contributed by atoms with Gasteiger partial charge in [-0.2, -0.15) is 0 Å². The van der Waals surface area contributed by atoms with E-state index in [9.17, 15) is 0 Å². The van der Waals surface area contributed by atoms with Gasteiger partial charge in [0.05, 0.1) is 0 Å². The number of benzene rings is 1. The van der Waals surface area contributed by atoms with E-state index < -0.39 is 0 Å². The third kappa shape index (κ3) is 1.76. The van der Waals surface area contributed by atoms with Crippen molar-refractivity contribution >= 4 is 27.0 Å². The summed E-state index contributed by atoms with van der Waals surface area (Å²) in [7, 11) is 0. The summed E-state index contributed by atoms with van der Waals surface area (Å²) in [6, 6.07) is 5.85. The summed E-state index contributed by atoms with van der Waals surface area (Å²) in [6.07, 6.45) is 4.13. The highest BCUT2D eigenvalue weighted by Gasteiger charge is 2.34. The molecule has 2 aromatic rings. The summed E-state index contributed by atoms with van der Waals surface area (Å²) >= 11 is 3.42. The molecule has 0 bridgehead atoms. The van der Waals surface area contributed by atoms with E-state index in [1.54, 1.807) is 0 Å². The predicted molar refractivity (Wildman–Crippen MR) is 66.2 cm³/mol. The second-order valence-corrected chi connectivity index (χ2v) is 5.53. The van der Waals surface area contributed by atoms with Crippen LogP contribution in [0.5, 0.6) is 0 Å². The molecule has 1 aromatic heterocycles. The number of rotatable bonds is 2. The van der Waals surface area contributed by atoms with Gasteiger partial charge in [-0.05, 0) is 37.5 Å². The van der Waals surface area contributed by atoms with E-state index >= 15 is 0 Å². The van der Waals surface area contributed by atoms with Gasteiger partial charge >= 0.3 is 0 Å². The van der Waals surface area contributed by atoms with Gasteiger partial charge in [0.15, 0.2) is 11.5 Å². The molecule has 2 N–H and O–H groups in total. The molecule has 0 unspecified atom stereocenters. The lowest BCUT2D eigenvalue weighted by atomic mass is 9.75. The van der Waals surface area contributed by atoms with Crippen LogP contribution in [0.3, 0.4) is 0 Å². The average Bonchev–Trinajstić information content (AvgIpc) is 2.56. The van der Waals surface area contributed by atoms with E-state index in [1.807, 2.05) is 18.2 Å². The van der Waals surface area contributed by atoms with Crippen molar-refractivity contribution in [1.82, 2.24) is 4.98 Å². The van der Waals surface area contributed by atoms with Gasteiger partial charge in [-0.15, -0.1) is 0 Å². The van der Waals surface area contributed by atoms with Gasteiger partial charge in [0.25, 0.3) is 0 Å². The molecule has 0 amide bonds. The zero-order valence-corrected chi connectivity index (χ0v) is 10.5. The van der Waals surface area contributed by atoms with Crippen molar-refractivity contribution in [2.24, 2.45) is 5.73 Å². The molecule has 1 aliphatic carbocycles. The Balaban J connectivity index is 1.93. The highest BCUT2D eigenvalue weighted by Crippen LogP contribution is 2.33. The molecule has 1 heterocycles. The fourth-order valence-electron chi connectivity index (χ4n) is 2.13. The molecule has 1 aliphatic rings. The second kappa shape index (κ2) is 3.57. The number of hydrogen-bond acceptors (Lipinski definition) is 3. The van der Waals surface area contributed by atoms with Crippen molar-refractivity contribution in [1.29, 1.82) is 0 Å². The van der Waals surface area contributed by atoms with Crippen molar-refractivity contribution in [2.75, 3.05) is 0 Å². The van der Waals surface area contributed by atoms with Crippen LogP contribution in [0.1, 0.15) is 25.2 Å². The van der Waals surface area contributed by atoms with Gasteiger partial charge < -0.3 is 10.2 Å². The van der Waals surface area contributed by atoms with Crippen LogP contribution in [0, 0.1) is 0 Å². The number of nitrogens with zero attached hydrogens (tertiary/aromatic N) is 1. The topological polar surface area (TPSA) is 52.0 Å². The van der Waals surface area contributed by atoms with Gasteiger partial charge in [-0.3, -0.25) is 0 Å². The average molecular weight is 281 g/mol. The number of nitrogens with two attached hydrogens (primary N) is 1. The zero-order chi connectivity index (χ0) is 11.2. The van der Waals surface area contributed by atoms with Gasteiger partial charge in [0.1, 0.15) is 5.52 Å². The monoisotopic (exact) mass is 280 g/mol. The molecule has 0 radical (unpaired) electrons. The summed E-state index contributed by atoms with van der Waals surface area (Å²) in [6.45, 7) is 0. The molecule has 0 saturated heterocycles. The van der Waals surface area contributed by atoms with Crippen LogP contribution >= 0.6 is 15.9 Å². The van der Waals surface area contributed by atoms with Crippen LogP contribution in [-0.2, 0) is 6.42 Å². The first kappa shape index (κ1) is 10.3. The summed E-state index contributed by atoms with van der Waals surface area (Å²) in [4.78, 5) is 4.46. The Morgan fingerprint density at radius 2 is 2.25 bits per heavy atom. The lowest BCUT2D eigenvalue weighted by Crippen LogP contribution is -2.48. The number of fused-ring (bicyclic) bond motifs is 1. The van der Waals surface area contributed by atoms with Gasteiger partial charge in [0.2, 0.25) is 0 Å². The van der Waals surface area contributed by atoms with Gasteiger partial charge in [0, 0.05) is 16.4 Å². The first-order valence-corrected chi connectivity index (χ1v) is 6.28. The van der Waals surface area contributed by atoms with Crippen LogP contribution < -0.4 is 5.73 Å². The van der Waals surface area contributed by atoms with E-state index in [0.717, 1.165) is 40.7 Å². The van der Waals surface area contributed by atoms with Gasteiger partial charge in [-0.1, -0.05) is 15.9 Å². The Morgan fingerprint density at radius 1 is 1.44 bits per heavy atom. The van der Waals surface area contributed by atoms with Crippen molar-refractivity contribution < 1.29 is 4.42 Å². The van der Waals surface area contributed by atoms with Gasteiger partial charge in [-0.25, -0.2) is 4.98 Å². The standard InChI is InChI=1S/C12H13BrN2O/c13-8-2-3-10-9(6-8)15-11(16-10)7-12(14)4-1-5-12/h2-3,6H,1,4-5,7,14H2. The number of aromatic nitrogens is 1. The van der Waals surface area contributed by atoms with Crippen LogP contribution in [0.15, 0.2) is 27.1 Å². The SMILES string of the molecule is NC1(Cc2nc3cc(Br)ccc3o2)CCC1. The molecule has 16 heavy (non-hydrogen) atoms. The normalized spacial score (nSPS) is 18.6. The maximum absolute atomic E-state index is 6.18. The number of halogens is 1. The Morgan fingerprint density at radius 3 is 2.94 bits per heavy atom. The largest absolute Gasteiger partial charge is 0.441 e. The molecule has 0 spiro atoms. The Hall–Kier alpha value is -0.870. The quantitative estimate of drug-likeness (QED) is 0.920. The lowest BCUT2D eigenvalue weighted by molar-refractivity contribution is 0.232. The minimum Gasteiger partial charge on any atom is -0.441 e. The van der Waals surface area contributed by atoms with E-state index in [2.05, 4.69) is 20.9 Å². The smallest absolute Gasteiger partial charge is 0.197 e. The first-order chi connectivity index (χ1) is 7.65. The Labute approximate surface area is 102 Å². The second-order valence-electron chi connectivity index (χ2n) is 4.61. The molecule has 1 aromatic carbocycles. The summed E-state index contributed by atoms with van der Waals surface area (Å²) < 4.78 is 6.70. The molecule has 0 aliphatic heterocycles. The lowest BCUT2D eigenvalue weighted by Gasteiger charge is -2.36. The molecule has 3 rings (SSSR count). The van der Waals surface area contributed by atoms with Crippen molar-refractivity contribution in [2.45, 2.75) is 31.2 Å². The maximum atomic E-state index is 6.18. The first-order valence-electron chi connectivity index (χ1n) is 5.49. The summed E-state index contributed by atoms with van der Waals surface area (Å²) in [5.41, 5.74) is 7.84. The Bertz CT molecular complexity index is 531. The van der Waals surface area contributed by atoms with E-state index in [1.165, 1.54) is 6.42 Å². The molecule has 84 valence electrons. The third-order valence-electron chi connectivity index (χ3n) is 3.25. The molecule has 0 atom stereocenters. The molecule has 1 fully saturated rings. The minimum absolute atomic E-state index is 0.0713. The minimum atomic E-state index is -0.0713. The van der Waals surface area contributed by atoms with E-state index in [4.69, 9.17) is 10.2 Å². The molecule has 3 nitrogen and oxygen atoms in total. The molecular formula is C12H13BrN2O. The van der Waals surface area contributed by atoms with E-state index in [0.29, 0.717) is 0 Å². The predicted octanol–water partition coefficient (Wildman–Crippen LogP) is 3.01. The highest BCUT2D eigenvalue weighted by molar-refractivity contribution is 9.10. The van der Waals surface area contributed by atoms with Crippen molar-refractivity contribution in [3.05, 3.63) is 28.6 Å². The maximum Gasteiger partial charge on any atom is 0.197 e. The molecule has 4 heteroatoms. The van der Waals surface area contributed by atoms with Crippen LogP contribution in [0.4, 0.5) is 0 Å². The van der Waals surface area contributed by atoms with Crippen molar-refractivity contribution in [3.8, 4) is 0 Å². The zero-order valence-electron chi connectivity index (χ0n) is 8.87. The molecular weight excluding hydrogens is 268 g/mol. The van der Waals surface area contributed by atoms with Crippen LogP contribution in [0.25, 0.3) is 11.1 Å².